The van der Waals surface area contributed by atoms with Crippen LogP contribution in [0.15, 0.2) is 29.2 Å². The predicted octanol–water partition coefficient (Wildman–Crippen LogP) is 0.380. The topological polar surface area (TPSA) is 99.3 Å². The van der Waals surface area contributed by atoms with Crippen LogP contribution in [0.5, 0.6) is 0 Å². The zero-order valence-corrected chi connectivity index (χ0v) is 19.3. The zero-order valence-electron chi connectivity index (χ0n) is 18.5. The molecule has 0 atom stereocenters. The van der Waals surface area contributed by atoms with E-state index in [1.807, 2.05) is 25.7 Å². The van der Waals surface area contributed by atoms with Crippen molar-refractivity contribution in [1.29, 1.82) is 0 Å². The second-order valence-corrected chi connectivity index (χ2v) is 10.8. The minimum atomic E-state index is -3.78. The number of sulfonamides is 1. The van der Waals surface area contributed by atoms with Crippen molar-refractivity contribution in [2.75, 3.05) is 59.0 Å². The second-order valence-electron chi connectivity index (χ2n) is 8.88. The van der Waals surface area contributed by atoms with Crippen LogP contribution in [0.25, 0.3) is 0 Å². The Kier molecular flexibility index (Phi) is 7.35. The molecule has 0 radical (unpaired) electrons. The van der Waals surface area contributed by atoms with Gasteiger partial charge in [0.15, 0.2) is 0 Å². The molecule has 0 aromatic heterocycles. The molecule has 31 heavy (non-hydrogen) atoms. The molecular formula is C21H32N4O5S. The average Bonchev–Trinajstić information content (AvgIpc) is 2.73. The van der Waals surface area contributed by atoms with Gasteiger partial charge in [0.2, 0.25) is 15.9 Å². The highest BCUT2D eigenvalue weighted by Gasteiger charge is 2.32. The fourth-order valence-electron chi connectivity index (χ4n) is 3.73. The first-order chi connectivity index (χ1) is 14.6. The summed E-state index contributed by atoms with van der Waals surface area (Å²) in [7, 11) is -3.78. The molecule has 0 spiro atoms. The van der Waals surface area contributed by atoms with E-state index in [9.17, 15) is 18.0 Å². The molecule has 0 saturated carbocycles. The summed E-state index contributed by atoms with van der Waals surface area (Å²) < 4.78 is 32.9. The molecule has 3 rings (SSSR count). The first-order valence-corrected chi connectivity index (χ1v) is 12.0. The van der Waals surface area contributed by atoms with E-state index in [2.05, 4.69) is 5.32 Å². The minimum absolute atomic E-state index is 0.0360. The van der Waals surface area contributed by atoms with Crippen LogP contribution >= 0.6 is 0 Å². The molecule has 2 heterocycles. The van der Waals surface area contributed by atoms with Crippen LogP contribution in [0.2, 0.25) is 0 Å². The molecule has 0 unspecified atom stereocenters. The Hall–Kier alpha value is -2.01. The Labute approximate surface area is 184 Å². The molecule has 0 aliphatic carbocycles. The molecular weight excluding hydrogens is 420 g/mol. The summed E-state index contributed by atoms with van der Waals surface area (Å²) in [5, 5.41) is 2.94. The van der Waals surface area contributed by atoms with Gasteiger partial charge in [-0.05, 0) is 32.9 Å². The molecule has 2 aliphatic rings. The molecule has 10 heteroatoms. The standard InChI is InChI=1S/C21H32N4O5S/c1-21(2,3)22-19(26)16-23-8-10-24(11-9-23)20(27)17-6-4-5-7-18(17)31(28,29)25-12-14-30-15-13-25/h4-7H,8-16H2,1-3H3,(H,22,26). The van der Waals surface area contributed by atoms with E-state index in [0.29, 0.717) is 39.4 Å². The Balaban J connectivity index is 1.66. The summed E-state index contributed by atoms with van der Waals surface area (Å²) in [6.07, 6.45) is 0. The molecule has 1 N–H and O–H groups in total. The van der Waals surface area contributed by atoms with Gasteiger partial charge in [0.05, 0.1) is 30.2 Å². The van der Waals surface area contributed by atoms with Gasteiger partial charge in [0, 0.05) is 44.8 Å². The summed E-state index contributed by atoms with van der Waals surface area (Å²) in [6.45, 7) is 9.32. The van der Waals surface area contributed by atoms with Crippen molar-refractivity contribution in [3.63, 3.8) is 0 Å². The van der Waals surface area contributed by atoms with E-state index in [4.69, 9.17) is 4.74 Å². The van der Waals surface area contributed by atoms with Gasteiger partial charge in [-0.2, -0.15) is 4.31 Å². The average molecular weight is 453 g/mol. The third kappa shape index (κ3) is 6.03. The minimum Gasteiger partial charge on any atom is -0.379 e. The third-order valence-corrected chi connectivity index (χ3v) is 7.20. The lowest BCUT2D eigenvalue weighted by Gasteiger charge is -2.35. The number of carbonyl (C=O) groups excluding carboxylic acids is 2. The van der Waals surface area contributed by atoms with Crippen LogP contribution in [-0.2, 0) is 19.6 Å². The van der Waals surface area contributed by atoms with Crippen LogP contribution in [-0.4, -0.2) is 98.9 Å². The Morgan fingerprint density at radius 2 is 1.61 bits per heavy atom. The molecule has 0 bridgehead atoms. The molecule has 2 saturated heterocycles. The maximum atomic E-state index is 13.2. The molecule has 172 valence electrons. The highest BCUT2D eigenvalue weighted by atomic mass is 32.2. The quantitative estimate of drug-likeness (QED) is 0.694. The van der Waals surface area contributed by atoms with Crippen molar-refractivity contribution in [2.24, 2.45) is 0 Å². The first-order valence-electron chi connectivity index (χ1n) is 10.6. The lowest BCUT2D eigenvalue weighted by atomic mass is 10.1. The van der Waals surface area contributed by atoms with Gasteiger partial charge in [0.25, 0.3) is 5.91 Å². The number of nitrogens with one attached hydrogen (secondary N) is 1. The van der Waals surface area contributed by atoms with E-state index in [1.54, 1.807) is 23.1 Å². The number of piperazine rings is 1. The van der Waals surface area contributed by atoms with Gasteiger partial charge in [0.1, 0.15) is 0 Å². The van der Waals surface area contributed by atoms with Gasteiger partial charge < -0.3 is 15.0 Å². The number of amides is 2. The summed E-state index contributed by atoms with van der Waals surface area (Å²) in [4.78, 5) is 29.0. The highest BCUT2D eigenvalue weighted by Crippen LogP contribution is 2.23. The van der Waals surface area contributed by atoms with Gasteiger partial charge in [-0.15, -0.1) is 0 Å². The smallest absolute Gasteiger partial charge is 0.255 e. The van der Waals surface area contributed by atoms with E-state index in [1.165, 1.54) is 10.4 Å². The van der Waals surface area contributed by atoms with Gasteiger partial charge in [-0.1, -0.05) is 12.1 Å². The number of morpholine rings is 1. The van der Waals surface area contributed by atoms with Crippen LogP contribution in [0.1, 0.15) is 31.1 Å². The fraction of sp³-hybridized carbons (Fsp3) is 0.619. The molecule has 2 amide bonds. The van der Waals surface area contributed by atoms with Crippen LogP contribution < -0.4 is 5.32 Å². The second kappa shape index (κ2) is 9.64. The number of hydrogen-bond donors (Lipinski definition) is 1. The van der Waals surface area contributed by atoms with Crippen molar-refractivity contribution in [3.05, 3.63) is 29.8 Å². The third-order valence-electron chi connectivity index (χ3n) is 5.25. The Bertz CT molecular complexity index is 899. The van der Waals surface area contributed by atoms with Crippen molar-refractivity contribution in [3.8, 4) is 0 Å². The summed E-state index contributed by atoms with van der Waals surface area (Å²) in [5.74, 6) is -0.347. The number of carbonyl (C=O) groups is 2. The lowest BCUT2D eigenvalue weighted by molar-refractivity contribution is -0.124. The number of benzene rings is 1. The maximum Gasteiger partial charge on any atom is 0.255 e. The molecule has 2 aliphatic heterocycles. The van der Waals surface area contributed by atoms with Crippen LogP contribution in [0.4, 0.5) is 0 Å². The molecule has 9 nitrogen and oxygen atoms in total. The predicted molar refractivity (Wildman–Crippen MR) is 116 cm³/mol. The van der Waals surface area contributed by atoms with Crippen molar-refractivity contribution in [1.82, 2.24) is 19.4 Å². The monoisotopic (exact) mass is 452 g/mol. The van der Waals surface area contributed by atoms with Gasteiger partial charge >= 0.3 is 0 Å². The van der Waals surface area contributed by atoms with Crippen LogP contribution in [0, 0.1) is 0 Å². The molecule has 1 aromatic rings. The van der Waals surface area contributed by atoms with Crippen molar-refractivity contribution in [2.45, 2.75) is 31.2 Å². The number of nitrogens with zero attached hydrogens (tertiary/aromatic N) is 3. The van der Waals surface area contributed by atoms with E-state index >= 15 is 0 Å². The fourth-order valence-corrected chi connectivity index (χ4v) is 5.33. The van der Waals surface area contributed by atoms with Crippen molar-refractivity contribution >= 4 is 21.8 Å². The zero-order chi connectivity index (χ0) is 22.6. The normalized spacial score (nSPS) is 19.3. The summed E-state index contributed by atoms with van der Waals surface area (Å²) in [5.41, 5.74) is -0.0993. The number of hydrogen-bond acceptors (Lipinski definition) is 6. The maximum absolute atomic E-state index is 13.2. The van der Waals surface area contributed by atoms with Crippen LogP contribution in [0.3, 0.4) is 0 Å². The Morgan fingerprint density at radius 1 is 1.00 bits per heavy atom. The summed E-state index contributed by atoms with van der Waals surface area (Å²) in [6, 6.07) is 6.37. The number of ether oxygens (including phenoxy) is 1. The van der Waals surface area contributed by atoms with Crippen molar-refractivity contribution < 1.29 is 22.7 Å². The van der Waals surface area contributed by atoms with Gasteiger partial charge in [-0.25, -0.2) is 8.42 Å². The first kappa shape index (κ1) is 23.6. The largest absolute Gasteiger partial charge is 0.379 e. The highest BCUT2D eigenvalue weighted by molar-refractivity contribution is 7.89. The summed E-state index contributed by atoms with van der Waals surface area (Å²) >= 11 is 0. The van der Waals surface area contributed by atoms with E-state index < -0.39 is 10.0 Å². The number of rotatable bonds is 5. The molecule has 1 aromatic carbocycles. The SMILES string of the molecule is CC(C)(C)NC(=O)CN1CCN(C(=O)c2ccccc2S(=O)(=O)N2CCOCC2)CC1. The van der Waals surface area contributed by atoms with Gasteiger partial charge in [-0.3, -0.25) is 14.5 Å². The molecule has 2 fully saturated rings. The van der Waals surface area contributed by atoms with E-state index in [0.717, 1.165) is 0 Å². The van der Waals surface area contributed by atoms with E-state index in [-0.39, 0.29) is 47.4 Å². The lowest BCUT2D eigenvalue weighted by Crippen LogP contribution is -2.53. The Morgan fingerprint density at radius 3 is 2.23 bits per heavy atom.